The first-order chi connectivity index (χ1) is 6.73. The minimum Gasteiger partial charge on any atom is -0.233 e. The molecule has 1 aromatic rings. The van der Waals surface area contributed by atoms with Crippen LogP contribution in [0.4, 0.5) is 13.2 Å². The van der Waals surface area contributed by atoms with Crippen LogP contribution >= 0.6 is 26.6 Å². The molecule has 9 heteroatoms. The van der Waals surface area contributed by atoms with E-state index in [0.29, 0.717) is 6.07 Å². The monoisotopic (exact) mass is 323 g/mol. The van der Waals surface area contributed by atoms with E-state index >= 15 is 0 Å². The lowest BCUT2D eigenvalue weighted by Gasteiger charge is -2.04. The maximum absolute atomic E-state index is 13.0. The summed E-state index contributed by atoms with van der Waals surface area (Å²) in [5.41, 5.74) is -0.991. The van der Waals surface area contributed by atoms with Gasteiger partial charge in [0.15, 0.2) is 5.03 Å². The molecule has 0 radical (unpaired) electrons. The van der Waals surface area contributed by atoms with Gasteiger partial charge in [-0.1, -0.05) is 0 Å². The zero-order valence-electron chi connectivity index (χ0n) is 6.72. The van der Waals surface area contributed by atoms with Gasteiger partial charge in [0.1, 0.15) is 11.5 Å². The highest BCUT2D eigenvalue weighted by Crippen LogP contribution is 2.29. The van der Waals surface area contributed by atoms with Gasteiger partial charge in [-0.15, -0.1) is 0 Å². The van der Waals surface area contributed by atoms with Crippen molar-refractivity contribution in [1.29, 1.82) is 0 Å². The summed E-state index contributed by atoms with van der Waals surface area (Å²) in [6.07, 6.45) is -3.08. The first-order valence-electron chi connectivity index (χ1n) is 3.32. The zero-order valence-corrected chi connectivity index (χ0v) is 9.87. The van der Waals surface area contributed by atoms with Crippen LogP contribution in [0.1, 0.15) is 12.1 Å². The van der Waals surface area contributed by atoms with Crippen LogP contribution < -0.4 is 0 Å². The first-order valence-corrected chi connectivity index (χ1v) is 6.42. The summed E-state index contributed by atoms with van der Waals surface area (Å²) in [6.45, 7) is 0. The van der Waals surface area contributed by atoms with E-state index in [1.54, 1.807) is 0 Å². The van der Waals surface area contributed by atoms with Gasteiger partial charge in [-0.2, -0.15) is 0 Å². The van der Waals surface area contributed by atoms with Gasteiger partial charge in [0.25, 0.3) is 15.5 Å². The van der Waals surface area contributed by atoms with Gasteiger partial charge in [0, 0.05) is 16.7 Å². The molecule has 84 valence electrons. The second kappa shape index (κ2) is 4.26. The average Bonchev–Trinajstić information content (AvgIpc) is 2.06. The molecule has 0 N–H and O–H groups in total. The Hall–Kier alpha value is -0.340. The van der Waals surface area contributed by atoms with Gasteiger partial charge >= 0.3 is 0 Å². The zero-order chi connectivity index (χ0) is 11.8. The van der Waals surface area contributed by atoms with E-state index in [4.69, 9.17) is 10.7 Å². The fourth-order valence-corrected chi connectivity index (χ4v) is 2.75. The smallest absolute Gasteiger partial charge is 0.233 e. The molecular formula is C6H2BrClF3NO2S. The molecule has 0 aliphatic heterocycles. The SMILES string of the molecule is O=S(=O)(Cl)c1nc(C(F)F)cc(F)c1Br. The van der Waals surface area contributed by atoms with Gasteiger partial charge < -0.3 is 0 Å². The van der Waals surface area contributed by atoms with Crippen molar-refractivity contribution < 1.29 is 21.6 Å². The van der Waals surface area contributed by atoms with Crippen LogP contribution in [-0.2, 0) is 9.05 Å². The van der Waals surface area contributed by atoms with Crippen molar-refractivity contribution in [3.05, 3.63) is 22.1 Å². The third-order valence-electron chi connectivity index (χ3n) is 1.36. The van der Waals surface area contributed by atoms with Crippen LogP contribution in [0.2, 0.25) is 0 Å². The van der Waals surface area contributed by atoms with Crippen molar-refractivity contribution in [2.24, 2.45) is 0 Å². The van der Waals surface area contributed by atoms with Gasteiger partial charge in [-0.3, -0.25) is 0 Å². The number of rotatable bonds is 2. The van der Waals surface area contributed by atoms with Crippen LogP contribution in [0.3, 0.4) is 0 Å². The quantitative estimate of drug-likeness (QED) is 0.786. The van der Waals surface area contributed by atoms with Crippen molar-refractivity contribution in [2.45, 2.75) is 11.5 Å². The molecule has 1 rings (SSSR count). The van der Waals surface area contributed by atoms with Crippen molar-refractivity contribution >= 4 is 35.7 Å². The standard InChI is InChI=1S/C6H2BrClF3NO2S/c7-4-2(9)1-3(5(10)11)12-6(4)15(8,13)14/h1,5H. The second-order valence-corrected chi connectivity index (χ2v) is 5.66. The number of hydrogen-bond donors (Lipinski definition) is 0. The Morgan fingerprint density at radius 3 is 2.40 bits per heavy atom. The Morgan fingerprint density at radius 2 is 2.00 bits per heavy atom. The van der Waals surface area contributed by atoms with E-state index in [1.807, 2.05) is 0 Å². The Labute approximate surface area is 95.8 Å². The molecule has 0 atom stereocenters. The lowest BCUT2D eigenvalue weighted by Crippen LogP contribution is -2.03. The molecule has 0 spiro atoms. The minimum atomic E-state index is -4.37. The number of alkyl halides is 2. The van der Waals surface area contributed by atoms with Crippen LogP contribution in [0.15, 0.2) is 15.6 Å². The Kier molecular flexibility index (Phi) is 3.62. The van der Waals surface area contributed by atoms with Crippen molar-refractivity contribution in [3.63, 3.8) is 0 Å². The summed E-state index contributed by atoms with van der Waals surface area (Å²) in [6, 6.07) is 0.431. The molecule has 3 nitrogen and oxygen atoms in total. The maximum Gasteiger partial charge on any atom is 0.280 e. The highest BCUT2D eigenvalue weighted by atomic mass is 79.9. The second-order valence-electron chi connectivity index (χ2n) is 2.39. The van der Waals surface area contributed by atoms with Crippen molar-refractivity contribution in [3.8, 4) is 0 Å². The fourth-order valence-electron chi connectivity index (χ4n) is 0.767. The third-order valence-corrected chi connectivity index (χ3v) is 3.57. The Bertz CT molecular complexity index is 493. The number of aromatic nitrogens is 1. The summed E-state index contributed by atoms with van der Waals surface area (Å²) in [4.78, 5) is 3.05. The summed E-state index contributed by atoms with van der Waals surface area (Å²) >= 11 is 2.55. The van der Waals surface area contributed by atoms with Crippen LogP contribution in [0.5, 0.6) is 0 Å². The largest absolute Gasteiger partial charge is 0.280 e. The normalized spacial score (nSPS) is 12.1. The first kappa shape index (κ1) is 12.7. The van der Waals surface area contributed by atoms with Crippen LogP contribution in [0.25, 0.3) is 0 Å². The van der Waals surface area contributed by atoms with E-state index in [0.717, 1.165) is 0 Å². The molecule has 0 aliphatic rings. The van der Waals surface area contributed by atoms with E-state index < -0.39 is 36.5 Å². The van der Waals surface area contributed by atoms with Gasteiger partial charge in [-0.05, 0) is 15.9 Å². The molecule has 0 saturated heterocycles. The van der Waals surface area contributed by atoms with Gasteiger partial charge in [-0.25, -0.2) is 26.6 Å². The van der Waals surface area contributed by atoms with Crippen molar-refractivity contribution in [1.82, 2.24) is 4.98 Å². The number of hydrogen-bond acceptors (Lipinski definition) is 3. The molecule has 1 heterocycles. The molecule has 0 aliphatic carbocycles. The Balaban J connectivity index is 3.52. The summed E-state index contributed by atoms with van der Waals surface area (Å²) < 4.78 is 58.4. The van der Waals surface area contributed by atoms with E-state index in [1.165, 1.54) is 0 Å². The van der Waals surface area contributed by atoms with Gasteiger partial charge in [0.2, 0.25) is 0 Å². The summed E-state index contributed by atoms with van der Waals surface area (Å²) in [5, 5.41) is -0.959. The molecule has 0 fully saturated rings. The lowest BCUT2D eigenvalue weighted by molar-refractivity contribution is 0.144. The predicted molar refractivity (Wildman–Crippen MR) is 49.9 cm³/mol. The molecule has 0 unspecified atom stereocenters. The molecule has 1 aromatic heterocycles. The van der Waals surface area contributed by atoms with Crippen LogP contribution in [0, 0.1) is 5.82 Å². The molecular weight excluding hydrogens is 322 g/mol. The minimum absolute atomic E-state index is 0.431. The number of pyridine rings is 1. The highest BCUT2D eigenvalue weighted by Gasteiger charge is 2.23. The molecule has 0 bridgehead atoms. The molecule has 0 saturated carbocycles. The third kappa shape index (κ3) is 2.82. The molecule has 0 aromatic carbocycles. The fraction of sp³-hybridized carbons (Fsp3) is 0.167. The van der Waals surface area contributed by atoms with E-state index in [9.17, 15) is 21.6 Å². The molecule has 15 heavy (non-hydrogen) atoms. The highest BCUT2D eigenvalue weighted by molar-refractivity contribution is 9.10. The Morgan fingerprint density at radius 1 is 1.47 bits per heavy atom. The van der Waals surface area contributed by atoms with Crippen LogP contribution in [-0.4, -0.2) is 13.4 Å². The average molecular weight is 325 g/mol. The van der Waals surface area contributed by atoms with Crippen molar-refractivity contribution in [2.75, 3.05) is 0 Å². The number of nitrogens with zero attached hydrogens (tertiary/aromatic N) is 1. The van der Waals surface area contributed by atoms with E-state index in [-0.39, 0.29) is 0 Å². The topological polar surface area (TPSA) is 47.0 Å². The summed E-state index contributed by atoms with van der Waals surface area (Å²) in [7, 11) is 0.510. The summed E-state index contributed by atoms with van der Waals surface area (Å²) in [5.74, 6) is -1.17. The lowest BCUT2D eigenvalue weighted by atomic mass is 10.3. The number of halogens is 5. The van der Waals surface area contributed by atoms with E-state index in [2.05, 4.69) is 20.9 Å². The van der Waals surface area contributed by atoms with Gasteiger partial charge in [0.05, 0.1) is 4.47 Å². The predicted octanol–water partition coefficient (Wildman–Crippen LogP) is 2.85. The maximum atomic E-state index is 13.0. The molecule has 0 amide bonds.